The molecule has 0 aromatic carbocycles. The van der Waals surface area contributed by atoms with Crippen LogP contribution in [0.4, 0.5) is 5.95 Å². The van der Waals surface area contributed by atoms with Gasteiger partial charge in [-0.2, -0.15) is 0 Å². The van der Waals surface area contributed by atoms with Crippen LogP contribution >= 0.6 is 0 Å². The molecule has 1 aromatic heterocycles. The second kappa shape index (κ2) is 5.70. The van der Waals surface area contributed by atoms with E-state index in [9.17, 15) is 0 Å². The van der Waals surface area contributed by atoms with Gasteiger partial charge in [0.25, 0.3) is 0 Å². The minimum atomic E-state index is 0.848. The van der Waals surface area contributed by atoms with Gasteiger partial charge in [0.2, 0.25) is 5.95 Å². The highest BCUT2D eigenvalue weighted by molar-refractivity contribution is 5.30. The predicted octanol–water partition coefficient (Wildman–Crippen LogP) is 1.54. The molecule has 0 atom stereocenters. The summed E-state index contributed by atoms with van der Waals surface area (Å²) in [5, 5.41) is 3.37. The number of anilines is 1. The van der Waals surface area contributed by atoms with E-state index < -0.39 is 0 Å². The van der Waals surface area contributed by atoms with Crippen LogP contribution < -0.4 is 10.2 Å². The van der Waals surface area contributed by atoms with Crippen molar-refractivity contribution in [3.05, 3.63) is 23.5 Å². The molecule has 16 heavy (non-hydrogen) atoms. The van der Waals surface area contributed by atoms with Crippen molar-refractivity contribution in [2.24, 2.45) is 7.05 Å². The van der Waals surface area contributed by atoms with Gasteiger partial charge in [0.05, 0.1) is 11.9 Å². The van der Waals surface area contributed by atoms with Crippen LogP contribution in [0.5, 0.6) is 0 Å². The monoisotopic (exact) mass is 222 g/mol. The molecule has 4 nitrogen and oxygen atoms in total. The lowest BCUT2D eigenvalue weighted by atomic mass is 10.3. The van der Waals surface area contributed by atoms with E-state index in [1.54, 1.807) is 0 Å². The zero-order valence-electron chi connectivity index (χ0n) is 10.9. The maximum absolute atomic E-state index is 4.36. The van der Waals surface area contributed by atoms with Crippen LogP contribution in [0.25, 0.3) is 0 Å². The third-order valence-corrected chi connectivity index (χ3v) is 2.42. The van der Waals surface area contributed by atoms with Crippen LogP contribution in [0.3, 0.4) is 0 Å². The first-order chi connectivity index (χ1) is 7.52. The van der Waals surface area contributed by atoms with E-state index >= 15 is 0 Å². The fraction of sp³-hybridized carbons (Fsp3) is 0.583. The SMILES string of the molecule is CC(C)=CCNCc1cnc(N(C)C)n1C. The van der Waals surface area contributed by atoms with Crippen molar-refractivity contribution < 1.29 is 0 Å². The molecule has 0 bridgehead atoms. The van der Waals surface area contributed by atoms with Crippen molar-refractivity contribution in [2.45, 2.75) is 20.4 Å². The van der Waals surface area contributed by atoms with Crippen molar-refractivity contribution in [3.8, 4) is 0 Å². The lowest BCUT2D eigenvalue weighted by Crippen LogP contribution is -2.18. The van der Waals surface area contributed by atoms with Crippen LogP contribution in [0.15, 0.2) is 17.8 Å². The zero-order chi connectivity index (χ0) is 12.1. The van der Waals surface area contributed by atoms with Gasteiger partial charge in [-0.1, -0.05) is 11.6 Å². The average molecular weight is 222 g/mol. The Balaban J connectivity index is 2.52. The summed E-state index contributed by atoms with van der Waals surface area (Å²) in [5.41, 5.74) is 2.54. The molecule has 0 amide bonds. The van der Waals surface area contributed by atoms with Gasteiger partial charge in [-0.25, -0.2) is 4.98 Å². The molecule has 1 aromatic rings. The van der Waals surface area contributed by atoms with Gasteiger partial charge >= 0.3 is 0 Å². The summed E-state index contributed by atoms with van der Waals surface area (Å²) in [6.45, 7) is 5.97. The van der Waals surface area contributed by atoms with Gasteiger partial charge in [0.15, 0.2) is 0 Å². The molecule has 1 N–H and O–H groups in total. The van der Waals surface area contributed by atoms with Crippen molar-refractivity contribution in [3.63, 3.8) is 0 Å². The number of allylic oxidation sites excluding steroid dienone is 1. The van der Waals surface area contributed by atoms with E-state index in [-0.39, 0.29) is 0 Å². The standard InChI is InChI=1S/C12H22N4/c1-10(2)6-7-13-8-11-9-14-12(15(3)4)16(11)5/h6,9,13H,7-8H2,1-5H3. The third kappa shape index (κ3) is 3.38. The highest BCUT2D eigenvalue weighted by atomic mass is 15.3. The number of aromatic nitrogens is 2. The Kier molecular flexibility index (Phi) is 4.55. The zero-order valence-corrected chi connectivity index (χ0v) is 10.9. The fourth-order valence-electron chi connectivity index (χ4n) is 1.49. The molecular formula is C12H22N4. The molecule has 0 saturated heterocycles. The molecule has 0 spiro atoms. The third-order valence-electron chi connectivity index (χ3n) is 2.42. The molecule has 0 unspecified atom stereocenters. The summed E-state index contributed by atoms with van der Waals surface area (Å²) in [6.07, 6.45) is 4.11. The fourth-order valence-corrected chi connectivity index (χ4v) is 1.49. The molecule has 4 heteroatoms. The molecule has 0 radical (unpaired) electrons. The Bertz CT molecular complexity index is 359. The van der Waals surface area contributed by atoms with E-state index in [4.69, 9.17) is 0 Å². The number of nitrogens with zero attached hydrogens (tertiary/aromatic N) is 3. The number of hydrogen-bond acceptors (Lipinski definition) is 3. The first-order valence-corrected chi connectivity index (χ1v) is 5.54. The molecular weight excluding hydrogens is 200 g/mol. The van der Waals surface area contributed by atoms with Crippen molar-refractivity contribution in [1.29, 1.82) is 0 Å². The van der Waals surface area contributed by atoms with Crippen LogP contribution in [0.1, 0.15) is 19.5 Å². The molecule has 0 fully saturated rings. The average Bonchev–Trinajstić information content (AvgIpc) is 2.54. The topological polar surface area (TPSA) is 33.1 Å². The van der Waals surface area contributed by atoms with Crippen molar-refractivity contribution in [2.75, 3.05) is 25.5 Å². The van der Waals surface area contributed by atoms with Gasteiger partial charge in [-0.15, -0.1) is 0 Å². The van der Waals surface area contributed by atoms with E-state index in [0.717, 1.165) is 19.0 Å². The van der Waals surface area contributed by atoms with Gasteiger partial charge in [0.1, 0.15) is 0 Å². The van der Waals surface area contributed by atoms with E-state index in [1.165, 1.54) is 11.3 Å². The van der Waals surface area contributed by atoms with E-state index in [2.05, 4.69) is 34.8 Å². The van der Waals surface area contributed by atoms with E-state index in [1.807, 2.05) is 32.2 Å². The molecule has 90 valence electrons. The quantitative estimate of drug-likeness (QED) is 0.606. The molecule has 0 saturated carbocycles. The van der Waals surface area contributed by atoms with Crippen molar-refractivity contribution >= 4 is 5.95 Å². The van der Waals surface area contributed by atoms with Crippen LogP contribution in [-0.4, -0.2) is 30.2 Å². The van der Waals surface area contributed by atoms with Crippen LogP contribution in [0.2, 0.25) is 0 Å². The van der Waals surface area contributed by atoms with Gasteiger partial charge < -0.3 is 14.8 Å². The van der Waals surface area contributed by atoms with Gasteiger partial charge in [-0.05, 0) is 13.8 Å². The Morgan fingerprint density at radius 1 is 1.50 bits per heavy atom. The summed E-state index contributed by atoms with van der Waals surface area (Å²) in [4.78, 5) is 6.38. The summed E-state index contributed by atoms with van der Waals surface area (Å²) in [7, 11) is 6.05. The van der Waals surface area contributed by atoms with Crippen LogP contribution in [0, 0.1) is 0 Å². The molecule has 0 aliphatic heterocycles. The second-order valence-corrected chi connectivity index (χ2v) is 4.42. The predicted molar refractivity (Wildman–Crippen MR) is 68.7 cm³/mol. The van der Waals surface area contributed by atoms with Crippen LogP contribution in [-0.2, 0) is 13.6 Å². The summed E-state index contributed by atoms with van der Waals surface area (Å²) in [6, 6.07) is 0. The number of rotatable bonds is 5. The van der Waals surface area contributed by atoms with Gasteiger partial charge in [-0.3, -0.25) is 0 Å². The number of nitrogens with one attached hydrogen (secondary N) is 1. The van der Waals surface area contributed by atoms with Crippen molar-refractivity contribution in [1.82, 2.24) is 14.9 Å². The maximum Gasteiger partial charge on any atom is 0.204 e. The Morgan fingerprint density at radius 2 is 2.19 bits per heavy atom. The first kappa shape index (κ1) is 12.8. The molecule has 0 aliphatic carbocycles. The molecule has 1 rings (SSSR count). The minimum absolute atomic E-state index is 0.848. The Labute approximate surface area is 98.0 Å². The highest BCUT2D eigenvalue weighted by Gasteiger charge is 2.06. The summed E-state index contributed by atoms with van der Waals surface area (Å²) < 4.78 is 2.11. The molecule has 1 heterocycles. The van der Waals surface area contributed by atoms with Gasteiger partial charge in [0, 0.05) is 34.2 Å². The number of hydrogen-bond donors (Lipinski definition) is 1. The second-order valence-electron chi connectivity index (χ2n) is 4.42. The largest absolute Gasteiger partial charge is 0.348 e. The Hall–Kier alpha value is -1.29. The summed E-state index contributed by atoms with van der Waals surface area (Å²) >= 11 is 0. The smallest absolute Gasteiger partial charge is 0.204 e. The normalized spacial score (nSPS) is 10.3. The first-order valence-electron chi connectivity index (χ1n) is 5.54. The minimum Gasteiger partial charge on any atom is -0.348 e. The number of imidazole rings is 1. The Morgan fingerprint density at radius 3 is 2.69 bits per heavy atom. The lowest BCUT2D eigenvalue weighted by molar-refractivity contribution is 0.697. The highest BCUT2D eigenvalue weighted by Crippen LogP contribution is 2.10. The lowest BCUT2D eigenvalue weighted by Gasteiger charge is -2.12. The molecule has 0 aliphatic rings. The van der Waals surface area contributed by atoms with E-state index in [0.29, 0.717) is 0 Å². The summed E-state index contributed by atoms with van der Waals surface area (Å²) in [5.74, 6) is 0.985. The maximum atomic E-state index is 4.36.